The van der Waals surface area contributed by atoms with Crippen LogP contribution in [0.1, 0.15) is 30.9 Å². The molecule has 0 aliphatic carbocycles. The van der Waals surface area contributed by atoms with Gasteiger partial charge in [-0.25, -0.2) is 0 Å². The van der Waals surface area contributed by atoms with Gasteiger partial charge in [0.2, 0.25) is 0 Å². The number of benzene rings is 1. The number of piperidine rings is 1. The van der Waals surface area contributed by atoms with Gasteiger partial charge < -0.3 is 10.1 Å². The van der Waals surface area contributed by atoms with Crippen molar-refractivity contribution < 1.29 is 9.53 Å². The first-order chi connectivity index (χ1) is 9.16. The van der Waals surface area contributed by atoms with Crippen molar-refractivity contribution in [2.75, 3.05) is 19.7 Å². The molecule has 1 aromatic carbocycles. The van der Waals surface area contributed by atoms with Crippen LogP contribution < -0.4 is 5.32 Å². The highest BCUT2D eigenvalue weighted by Crippen LogP contribution is 2.32. The number of rotatable bonds is 4. The van der Waals surface area contributed by atoms with E-state index in [1.165, 1.54) is 11.1 Å². The Hall–Kier alpha value is -1.35. The topological polar surface area (TPSA) is 38.3 Å². The van der Waals surface area contributed by atoms with Crippen LogP contribution in [0.2, 0.25) is 0 Å². The summed E-state index contributed by atoms with van der Waals surface area (Å²) in [5.41, 5.74) is 2.07. The number of carbonyl (C=O) groups excluding carboxylic acids is 1. The monoisotopic (exact) mass is 261 g/mol. The van der Waals surface area contributed by atoms with Crippen LogP contribution in [0.3, 0.4) is 0 Å². The Morgan fingerprint density at radius 2 is 2.11 bits per heavy atom. The van der Waals surface area contributed by atoms with Crippen molar-refractivity contribution in [2.45, 2.75) is 33.1 Å². The molecule has 1 fully saturated rings. The van der Waals surface area contributed by atoms with E-state index in [1.807, 2.05) is 6.92 Å². The summed E-state index contributed by atoms with van der Waals surface area (Å²) >= 11 is 0. The van der Waals surface area contributed by atoms with E-state index >= 15 is 0 Å². The van der Waals surface area contributed by atoms with Crippen LogP contribution >= 0.6 is 0 Å². The normalized spacial score (nSPS) is 23.1. The maximum absolute atomic E-state index is 12.3. The van der Waals surface area contributed by atoms with E-state index in [0.717, 1.165) is 32.4 Å². The molecule has 0 amide bonds. The Morgan fingerprint density at radius 1 is 1.37 bits per heavy atom. The predicted molar refractivity (Wildman–Crippen MR) is 76.1 cm³/mol. The molecule has 0 aromatic heterocycles. The molecular weight excluding hydrogens is 238 g/mol. The van der Waals surface area contributed by atoms with Gasteiger partial charge in [-0.05, 0) is 45.2 Å². The Kier molecular flexibility index (Phi) is 4.59. The average Bonchev–Trinajstić information content (AvgIpc) is 2.43. The summed E-state index contributed by atoms with van der Waals surface area (Å²) in [6.45, 7) is 6.12. The zero-order chi connectivity index (χ0) is 13.7. The molecule has 1 heterocycles. The van der Waals surface area contributed by atoms with E-state index in [-0.39, 0.29) is 11.4 Å². The number of esters is 1. The molecule has 0 bridgehead atoms. The van der Waals surface area contributed by atoms with Crippen molar-refractivity contribution in [1.29, 1.82) is 0 Å². The third kappa shape index (κ3) is 3.35. The van der Waals surface area contributed by atoms with E-state index in [2.05, 4.69) is 36.5 Å². The smallest absolute Gasteiger partial charge is 0.313 e. The molecule has 1 aliphatic heterocycles. The first-order valence-corrected chi connectivity index (χ1v) is 7.10. The highest BCUT2D eigenvalue weighted by atomic mass is 16.5. The Balaban J connectivity index is 2.17. The Labute approximate surface area is 115 Å². The third-order valence-corrected chi connectivity index (χ3v) is 3.84. The van der Waals surface area contributed by atoms with E-state index in [9.17, 15) is 4.79 Å². The van der Waals surface area contributed by atoms with Gasteiger partial charge in [0, 0.05) is 6.54 Å². The summed E-state index contributed by atoms with van der Waals surface area (Å²) in [6, 6.07) is 8.44. The average molecular weight is 261 g/mol. The SMILES string of the molecule is CCOC(=O)[C@]1(Cc2ccc(C)cc2)CCCNC1. The van der Waals surface area contributed by atoms with Crippen LogP contribution in [-0.2, 0) is 16.0 Å². The number of ether oxygens (including phenoxy) is 1. The molecule has 0 radical (unpaired) electrons. The van der Waals surface area contributed by atoms with Gasteiger partial charge in [0.25, 0.3) is 0 Å². The van der Waals surface area contributed by atoms with Gasteiger partial charge in [-0.15, -0.1) is 0 Å². The molecule has 3 heteroatoms. The second-order valence-corrected chi connectivity index (χ2v) is 5.44. The van der Waals surface area contributed by atoms with Crippen LogP contribution in [0.25, 0.3) is 0 Å². The number of nitrogens with one attached hydrogen (secondary N) is 1. The van der Waals surface area contributed by atoms with Gasteiger partial charge in [0.15, 0.2) is 0 Å². The summed E-state index contributed by atoms with van der Waals surface area (Å²) < 4.78 is 5.30. The van der Waals surface area contributed by atoms with Crippen LogP contribution in [0, 0.1) is 12.3 Å². The van der Waals surface area contributed by atoms with Gasteiger partial charge in [0.05, 0.1) is 12.0 Å². The summed E-state index contributed by atoms with van der Waals surface area (Å²) in [5.74, 6) is -0.0530. The summed E-state index contributed by atoms with van der Waals surface area (Å²) in [7, 11) is 0. The molecule has 1 N–H and O–H groups in total. The first kappa shape index (κ1) is 14.1. The zero-order valence-corrected chi connectivity index (χ0v) is 11.9. The van der Waals surface area contributed by atoms with Gasteiger partial charge in [0.1, 0.15) is 0 Å². The second-order valence-electron chi connectivity index (χ2n) is 5.44. The molecule has 1 atom stereocenters. The maximum Gasteiger partial charge on any atom is 0.313 e. The van der Waals surface area contributed by atoms with E-state index < -0.39 is 0 Å². The van der Waals surface area contributed by atoms with Crippen LogP contribution in [0.4, 0.5) is 0 Å². The fourth-order valence-corrected chi connectivity index (χ4v) is 2.75. The Morgan fingerprint density at radius 3 is 2.68 bits per heavy atom. The van der Waals surface area contributed by atoms with Crippen molar-refractivity contribution in [3.8, 4) is 0 Å². The van der Waals surface area contributed by atoms with Crippen LogP contribution in [0.5, 0.6) is 0 Å². The predicted octanol–water partition coefficient (Wildman–Crippen LogP) is 2.47. The molecule has 3 nitrogen and oxygen atoms in total. The molecule has 1 saturated heterocycles. The quantitative estimate of drug-likeness (QED) is 0.846. The van der Waals surface area contributed by atoms with Crippen molar-refractivity contribution in [1.82, 2.24) is 5.32 Å². The molecule has 0 spiro atoms. The van der Waals surface area contributed by atoms with Crippen LogP contribution in [0.15, 0.2) is 24.3 Å². The van der Waals surface area contributed by atoms with Gasteiger partial charge in [-0.2, -0.15) is 0 Å². The molecule has 1 aromatic rings. The van der Waals surface area contributed by atoms with Crippen LogP contribution in [-0.4, -0.2) is 25.7 Å². The summed E-state index contributed by atoms with van der Waals surface area (Å²) in [4.78, 5) is 12.3. The van der Waals surface area contributed by atoms with Crippen molar-refractivity contribution in [3.05, 3.63) is 35.4 Å². The first-order valence-electron chi connectivity index (χ1n) is 7.10. The molecule has 0 unspecified atom stereocenters. The van der Waals surface area contributed by atoms with E-state index in [0.29, 0.717) is 6.61 Å². The highest BCUT2D eigenvalue weighted by molar-refractivity contribution is 5.77. The second kappa shape index (κ2) is 6.20. The fourth-order valence-electron chi connectivity index (χ4n) is 2.75. The number of aryl methyl sites for hydroxylation is 1. The Bertz CT molecular complexity index is 419. The number of hydrogen-bond acceptors (Lipinski definition) is 3. The standard InChI is InChI=1S/C16H23NO2/c1-3-19-15(18)16(9-4-10-17-12-16)11-14-7-5-13(2)6-8-14/h5-8,17H,3-4,9-12H2,1-2H3/t16-/m0/s1. The summed E-state index contributed by atoms with van der Waals surface area (Å²) in [5, 5.41) is 3.35. The van der Waals surface area contributed by atoms with E-state index in [1.54, 1.807) is 0 Å². The minimum absolute atomic E-state index is 0.0530. The molecule has 19 heavy (non-hydrogen) atoms. The minimum Gasteiger partial charge on any atom is -0.466 e. The molecule has 0 saturated carbocycles. The maximum atomic E-state index is 12.3. The largest absolute Gasteiger partial charge is 0.466 e. The van der Waals surface area contributed by atoms with Crippen molar-refractivity contribution >= 4 is 5.97 Å². The molecule has 104 valence electrons. The summed E-state index contributed by atoms with van der Waals surface area (Å²) in [6.07, 6.45) is 2.70. The number of carbonyl (C=O) groups is 1. The van der Waals surface area contributed by atoms with Crippen molar-refractivity contribution in [2.24, 2.45) is 5.41 Å². The molecule has 1 aliphatic rings. The van der Waals surface area contributed by atoms with Crippen molar-refractivity contribution in [3.63, 3.8) is 0 Å². The lowest BCUT2D eigenvalue weighted by Crippen LogP contribution is -2.47. The van der Waals surface area contributed by atoms with E-state index in [4.69, 9.17) is 4.74 Å². The van der Waals surface area contributed by atoms with Gasteiger partial charge in [-0.1, -0.05) is 29.8 Å². The minimum atomic E-state index is -0.385. The van der Waals surface area contributed by atoms with Gasteiger partial charge in [-0.3, -0.25) is 4.79 Å². The fraction of sp³-hybridized carbons (Fsp3) is 0.562. The molecular formula is C16H23NO2. The third-order valence-electron chi connectivity index (χ3n) is 3.84. The lowest BCUT2D eigenvalue weighted by Gasteiger charge is -2.35. The molecule has 2 rings (SSSR count). The highest BCUT2D eigenvalue weighted by Gasteiger charge is 2.40. The zero-order valence-electron chi connectivity index (χ0n) is 11.9. The lowest BCUT2D eigenvalue weighted by atomic mass is 9.75. The van der Waals surface area contributed by atoms with Gasteiger partial charge >= 0.3 is 5.97 Å². The lowest BCUT2D eigenvalue weighted by molar-refractivity contribution is -0.156. The number of hydrogen-bond donors (Lipinski definition) is 1.